The first-order chi connectivity index (χ1) is 11.3. The first kappa shape index (κ1) is 15.7. The molecule has 120 valence electrons. The van der Waals surface area contributed by atoms with Crippen LogP contribution in [0.4, 0.5) is 0 Å². The fraction of sp³-hybridized carbons (Fsp3) is 0.294. The molecule has 2 heterocycles. The van der Waals surface area contributed by atoms with Gasteiger partial charge in [-0.2, -0.15) is 0 Å². The summed E-state index contributed by atoms with van der Waals surface area (Å²) in [7, 11) is 0. The van der Waals surface area contributed by atoms with Crippen LogP contribution in [0.1, 0.15) is 21.9 Å². The molecule has 1 aromatic carbocycles. The molecule has 0 aliphatic carbocycles. The fourth-order valence-corrected chi connectivity index (χ4v) is 3.33. The van der Waals surface area contributed by atoms with Gasteiger partial charge in [0.15, 0.2) is 0 Å². The minimum absolute atomic E-state index is 0.109. The maximum atomic E-state index is 12.0. The number of aromatic nitrogens is 2. The Labute approximate surface area is 139 Å². The van der Waals surface area contributed by atoms with Gasteiger partial charge in [-0.25, -0.2) is 4.98 Å². The summed E-state index contributed by atoms with van der Waals surface area (Å²) in [5.74, 6) is -0.109. The molecule has 0 spiro atoms. The monoisotopic (exact) mass is 328 g/mol. The number of carbonyl (C=O) groups excluding carboxylic acids is 1. The van der Waals surface area contributed by atoms with E-state index in [0.29, 0.717) is 18.8 Å². The van der Waals surface area contributed by atoms with Crippen molar-refractivity contribution in [3.05, 3.63) is 52.6 Å². The molecule has 0 aliphatic heterocycles. The van der Waals surface area contributed by atoms with Crippen molar-refractivity contribution in [1.29, 1.82) is 0 Å². The maximum absolute atomic E-state index is 12.0. The Morgan fingerprint density at radius 3 is 3.04 bits per heavy atom. The van der Waals surface area contributed by atoms with Crippen LogP contribution >= 0.6 is 11.3 Å². The molecule has 0 fully saturated rings. The zero-order valence-electron chi connectivity index (χ0n) is 12.9. The van der Waals surface area contributed by atoms with Crippen LogP contribution in [-0.2, 0) is 13.0 Å². The molecule has 0 radical (unpaired) electrons. The topological polar surface area (TPSA) is 72.9 Å². The molecule has 0 unspecified atom stereocenters. The Hall–Kier alpha value is -2.18. The van der Waals surface area contributed by atoms with Crippen molar-refractivity contribution in [3.63, 3.8) is 0 Å². The van der Waals surface area contributed by atoms with Crippen LogP contribution in [0.15, 0.2) is 41.9 Å². The lowest BCUT2D eigenvalue weighted by atomic mass is 10.2. The van der Waals surface area contributed by atoms with Gasteiger partial charge in [0, 0.05) is 36.6 Å². The number of thiazole rings is 1. The molecule has 0 saturated heterocycles. The maximum Gasteiger partial charge on any atom is 0.270 e. The molecule has 6 heteroatoms. The summed E-state index contributed by atoms with van der Waals surface area (Å²) in [6.07, 6.45) is 3.69. The molecular formula is C17H20N4OS. The number of hydrogen-bond acceptors (Lipinski definition) is 4. The quantitative estimate of drug-likeness (QED) is 0.654. The fourth-order valence-electron chi connectivity index (χ4n) is 2.53. The largest absolute Gasteiger partial charge is 0.351 e. The van der Waals surface area contributed by atoms with E-state index in [-0.39, 0.29) is 5.91 Å². The lowest BCUT2D eigenvalue weighted by Gasteiger charge is -2.06. The molecule has 0 atom stereocenters. The van der Waals surface area contributed by atoms with Crippen molar-refractivity contribution < 1.29 is 4.79 Å². The first-order valence-corrected chi connectivity index (χ1v) is 8.62. The highest BCUT2D eigenvalue weighted by molar-refractivity contribution is 7.09. The minimum Gasteiger partial charge on any atom is -0.351 e. The molecule has 23 heavy (non-hydrogen) atoms. The van der Waals surface area contributed by atoms with E-state index < -0.39 is 0 Å². The number of nitrogens with two attached hydrogens (primary N) is 1. The smallest absolute Gasteiger partial charge is 0.270 e. The van der Waals surface area contributed by atoms with Crippen molar-refractivity contribution >= 4 is 28.1 Å². The molecule has 3 N–H and O–H groups in total. The third kappa shape index (κ3) is 3.78. The van der Waals surface area contributed by atoms with Gasteiger partial charge in [0.1, 0.15) is 5.69 Å². The molecule has 0 saturated carbocycles. The van der Waals surface area contributed by atoms with Gasteiger partial charge in [0.2, 0.25) is 0 Å². The number of carbonyl (C=O) groups is 1. The van der Waals surface area contributed by atoms with Gasteiger partial charge in [0.25, 0.3) is 5.91 Å². The van der Waals surface area contributed by atoms with Crippen molar-refractivity contribution in [2.75, 3.05) is 13.1 Å². The van der Waals surface area contributed by atoms with Gasteiger partial charge in [-0.3, -0.25) is 4.79 Å². The summed E-state index contributed by atoms with van der Waals surface area (Å²) in [6.45, 7) is 2.07. The predicted molar refractivity (Wildman–Crippen MR) is 93.8 cm³/mol. The summed E-state index contributed by atoms with van der Waals surface area (Å²) < 4.78 is 2.21. The van der Waals surface area contributed by atoms with Crippen LogP contribution in [-0.4, -0.2) is 28.5 Å². The van der Waals surface area contributed by atoms with Crippen LogP contribution in [0.5, 0.6) is 0 Å². The van der Waals surface area contributed by atoms with Crippen molar-refractivity contribution in [2.24, 2.45) is 5.73 Å². The summed E-state index contributed by atoms with van der Waals surface area (Å²) in [4.78, 5) is 16.3. The summed E-state index contributed by atoms with van der Waals surface area (Å²) in [5.41, 5.74) is 7.21. The number of amides is 1. The lowest BCUT2D eigenvalue weighted by molar-refractivity contribution is 0.0948. The highest BCUT2D eigenvalue weighted by Crippen LogP contribution is 2.15. The molecule has 1 amide bonds. The lowest BCUT2D eigenvalue weighted by Crippen LogP contribution is -2.25. The summed E-state index contributed by atoms with van der Waals surface area (Å²) >= 11 is 1.49. The van der Waals surface area contributed by atoms with E-state index in [1.165, 1.54) is 22.2 Å². The zero-order valence-corrected chi connectivity index (χ0v) is 13.7. The number of hydrogen-bond donors (Lipinski definition) is 2. The van der Waals surface area contributed by atoms with Gasteiger partial charge in [-0.05, 0) is 30.5 Å². The average molecular weight is 328 g/mol. The van der Waals surface area contributed by atoms with E-state index in [1.807, 2.05) is 12.1 Å². The van der Waals surface area contributed by atoms with E-state index in [9.17, 15) is 4.79 Å². The average Bonchev–Trinajstić information content (AvgIpc) is 3.19. The molecule has 3 aromatic rings. The standard InChI is InChI=1S/C17H20N4OS/c18-8-6-16-20-14(12-23-16)17(22)19-9-3-10-21-11-7-13-4-1-2-5-15(13)21/h1-2,4-5,7,11-12H,3,6,8-10,18H2,(H,19,22). The number of aryl methyl sites for hydroxylation is 1. The van der Waals surface area contributed by atoms with E-state index in [2.05, 4.69) is 39.3 Å². The molecule has 5 nitrogen and oxygen atoms in total. The zero-order chi connectivity index (χ0) is 16.1. The van der Waals surface area contributed by atoms with Gasteiger partial charge >= 0.3 is 0 Å². The highest BCUT2D eigenvalue weighted by Gasteiger charge is 2.09. The predicted octanol–water partition coefficient (Wildman–Crippen LogP) is 2.42. The Morgan fingerprint density at radius 2 is 2.17 bits per heavy atom. The summed E-state index contributed by atoms with van der Waals surface area (Å²) in [6, 6.07) is 10.4. The molecule has 3 rings (SSSR count). The van der Waals surface area contributed by atoms with Crippen molar-refractivity contribution in [1.82, 2.24) is 14.9 Å². The third-order valence-electron chi connectivity index (χ3n) is 3.68. The van der Waals surface area contributed by atoms with Crippen molar-refractivity contribution in [2.45, 2.75) is 19.4 Å². The second kappa shape index (κ2) is 7.39. The van der Waals surface area contributed by atoms with Gasteiger partial charge in [-0.15, -0.1) is 11.3 Å². The van der Waals surface area contributed by atoms with Crippen molar-refractivity contribution in [3.8, 4) is 0 Å². The van der Waals surface area contributed by atoms with E-state index >= 15 is 0 Å². The van der Waals surface area contributed by atoms with Crippen LogP contribution in [0, 0.1) is 0 Å². The molecule has 0 bridgehead atoms. The third-order valence-corrected chi connectivity index (χ3v) is 4.59. The molecular weight excluding hydrogens is 308 g/mol. The number of rotatable bonds is 7. The molecule has 2 aromatic heterocycles. The second-order valence-corrected chi connectivity index (χ2v) is 6.29. The first-order valence-electron chi connectivity index (χ1n) is 7.74. The molecule has 0 aliphatic rings. The Morgan fingerprint density at radius 1 is 1.30 bits per heavy atom. The Balaban J connectivity index is 1.48. The SMILES string of the molecule is NCCc1nc(C(=O)NCCCn2ccc3ccccc32)cs1. The van der Waals surface area contributed by atoms with Gasteiger partial charge < -0.3 is 15.6 Å². The van der Waals surface area contributed by atoms with Crippen LogP contribution in [0.2, 0.25) is 0 Å². The Bertz CT molecular complexity index is 793. The van der Waals surface area contributed by atoms with E-state index in [1.54, 1.807) is 5.38 Å². The van der Waals surface area contributed by atoms with E-state index in [4.69, 9.17) is 5.73 Å². The van der Waals surface area contributed by atoms with Gasteiger partial charge in [-0.1, -0.05) is 18.2 Å². The van der Waals surface area contributed by atoms with Crippen LogP contribution < -0.4 is 11.1 Å². The summed E-state index contributed by atoms with van der Waals surface area (Å²) in [5, 5.41) is 6.87. The van der Waals surface area contributed by atoms with Crippen LogP contribution in [0.3, 0.4) is 0 Å². The number of nitrogens with zero attached hydrogens (tertiary/aromatic N) is 2. The van der Waals surface area contributed by atoms with Gasteiger partial charge in [0.05, 0.1) is 5.01 Å². The normalized spacial score (nSPS) is 11.0. The van der Waals surface area contributed by atoms with E-state index in [0.717, 1.165) is 24.4 Å². The second-order valence-electron chi connectivity index (χ2n) is 5.34. The highest BCUT2D eigenvalue weighted by atomic mass is 32.1. The number of benzene rings is 1. The van der Waals surface area contributed by atoms with Crippen LogP contribution in [0.25, 0.3) is 10.9 Å². The number of nitrogens with one attached hydrogen (secondary N) is 1. The number of fused-ring (bicyclic) bond motifs is 1. The Kier molecular flexibility index (Phi) is 5.05. The number of para-hydroxylation sites is 1. The minimum atomic E-state index is -0.109.